The number of hydrogen-bond acceptors (Lipinski definition) is 7. The highest BCUT2D eigenvalue weighted by atomic mass is 19.1. The van der Waals surface area contributed by atoms with E-state index in [9.17, 15) is 19.3 Å². The Bertz CT molecular complexity index is 1540. The average molecular weight is 458 g/mol. The predicted octanol–water partition coefficient (Wildman–Crippen LogP) is 3.61. The highest BCUT2D eigenvalue weighted by Crippen LogP contribution is 2.24. The smallest absolute Gasteiger partial charge is 0.269 e. The number of rotatable bonds is 5. The number of amides is 1. The van der Waals surface area contributed by atoms with E-state index >= 15 is 0 Å². The number of carbonyl (C=O) groups is 1. The van der Waals surface area contributed by atoms with Crippen molar-refractivity contribution in [2.24, 2.45) is 0 Å². The SMILES string of the molecule is Cc1cc(NC(=O)c2ccc([N+](=O)[O-])cc2)n(-c2ncnc3c2cnn3-c2ccc(F)cc2)n1. The molecular formula is C22H15FN8O3. The molecule has 0 spiro atoms. The number of aromatic nitrogens is 6. The Morgan fingerprint density at radius 3 is 2.50 bits per heavy atom. The molecule has 0 radical (unpaired) electrons. The van der Waals surface area contributed by atoms with Crippen molar-refractivity contribution in [3.05, 3.63) is 94.3 Å². The average Bonchev–Trinajstić information content (AvgIpc) is 3.43. The largest absolute Gasteiger partial charge is 0.306 e. The van der Waals surface area contributed by atoms with Crippen LogP contribution in [0.1, 0.15) is 16.1 Å². The van der Waals surface area contributed by atoms with Gasteiger partial charge >= 0.3 is 0 Å². The number of hydrogen-bond donors (Lipinski definition) is 1. The summed E-state index contributed by atoms with van der Waals surface area (Å²) >= 11 is 0. The maximum absolute atomic E-state index is 13.3. The van der Waals surface area contributed by atoms with Crippen molar-refractivity contribution in [3.8, 4) is 11.5 Å². The molecule has 0 saturated heterocycles. The molecule has 0 aliphatic carbocycles. The molecule has 0 bridgehead atoms. The molecule has 3 aromatic heterocycles. The molecule has 0 saturated carbocycles. The maximum Gasteiger partial charge on any atom is 0.269 e. The topological polar surface area (TPSA) is 134 Å². The van der Waals surface area contributed by atoms with Gasteiger partial charge in [0, 0.05) is 23.8 Å². The van der Waals surface area contributed by atoms with Crippen LogP contribution in [0.4, 0.5) is 15.9 Å². The summed E-state index contributed by atoms with van der Waals surface area (Å²) in [6.07, 6.45) is 2.91. The molecule has 1 amide bonds. The van der Waals surface area contributed by atoms with E-state index in [4.69, 9.17) is 0 Å². The summed E-state index contributed by atoms with van der Waals surface area (Å²) in [7, 11) is 0. The van der Waals surface area contributed by atoms with Crippen LogP contribution < -0.4 is 5.32 Å². The summed E-state index contributed by atoms with van der Waals surface area (Å²) in [6.45, 7) is 1.76. The molecule has 5 aromatic rings. The summed E-state index contributed by atoms with van der Waals surface area (Å²) in [4.78, 5) is 31.7. The Labute approximate surface area is 190 Å². The van der Waals surface area contributed by atoms with Crippen LogP contribution in [-0.4, -0.2) is 40.4 Å². The van der Waals surface area contributed by atoms with Gasteiger partial charge in [-0.2, -0.15) is 14.9 Å². The molecule has 1 N–H and O–H groups in total. The molecule has 0 unspecified atom stereocenters. The van der Waals surface area contributed by atoms with Crippen LogP contribution in [-0.2, 0) is 0 Å². The first-order chi connectivity index (χ1) is 16.4. The van der Waals surface area contributed by atoms with Gasteiger partial charge in [-0.15, -0.1) is 0 Å². The van der Waals surface area contributed by atoms with E-state index in [-0.39, 0.29) is 17.1 Å². The molecule has 3 heterocycles. The Morgan fingerprint density at radius 1 is 1.06 bits per heavy atom. The first kappa shape index (κ1) is 20.9. The summed E-state index contributed by atoms with van der Waals surface area (Å²) < 4.78 is 16.3. The third kappa shape index (κ3) is 3.72. The van der Waals surface area contributed by atoms with Crippen LogP contribution in [0.25, 0.3) is 22.5 Å². The number of benzene rings is 2. The van der Waals surface area contributed by atoms with Gasteiger partial charge in [-0.05, 0) is 43.3 Å². The van der Waals surface area contributed by atoms with E-state index in [0.29, 0.717) is 34.1 Å². The van der Waals surface area contributed by atoms with Crippen LogP contribution in [0.15, 0.2) is 67.1 Å². The van der Waals surface area contributed by atoms with Crippen LogP contribution in [0.5, 0.6) is 0 Å². The summed E-state index contributed by atoms with van der Waals surface area (Å²) in [6, 6.07) is 12.7. The van der Waals surface area contributed by atoms with Crippen molar-refractivity contribution in [1.29, 1.82) is 0 Å². The van der Waals surface area contributed by atoms with Crippen LogP contribution in [0.2, 0.25) is 0 Å². The molecule has 12 heteroatoms. The fraction of sp³-hybridized carbons (Fsp3) is 0.0455. The minimum Gasteiger partial charge on any atom is -0.306 e. The zero-order valence-electron chi connectivity index (χ0n) is 17.6. The van der Waals surface area contributed by atoms with Crippen LogP contribution in [0.3, 0.4) is 0 Å². The normalized spacial score (nSPS) is 11.0. The van der Waals surface area contributed by atoms with Gasteiger partial charge in [0.15, 0.2) is 11.5 Å². The summed E-state index contributed by atoms with van der Waals surface area (Å²) in [5, 5.41) is 23.0. The number of halogens is 1. The zero-order valence-corrected chi connectivity index (χ0v) is 17.6. The Hall–Kier alpha value is -5.00. The molecule has 34 heavy (non-hydrogen) atoms. The minimum atomic E-state index is -0.535. The van der Waals surface area contributed by atoms with E-state index in [0.717, 1.165) is 0 Å². The van der Waals surface area contributed by atoms with Gasteiger partial charge in [-0.25, -0.2) is 19.0 Å². The van der Waals surface area contributed by atoms with Gasteiger partial charge in [-0.1, -0.05) is 0 Å². The van der Waals surface area contributed by atoms with Gasteiger partial charge in [0.25, 0.3) is 11.6 Å². The van der Waals surface area contributed by atoms with E-state index in [2.05, 4.69) is 25.5 Å². The third-order valence-electron chi connectivity index (χ3n) is 5.03. The Morgan fingerprint density at radius 2 is 1.79 bits per heavy atom. The highest BCUT2D eigenvalue weighted by molar-refractivity contribution is 6.04. The highest BCUT2D eigenvalue weighted by Gasteiger charge is 2.18. The van der Waals surface area contributed by atoms with Gasteiger partial charge in [0.2, 0.25) is 0 Å². The summed E-state index contributed by atoms with van der Waals surface area (Å²) in [5.41, 5.74) is 1.84. The lowest BCUT2D eigenvalue weighted by atomic mass is 10.2. The van der Waals surface area contributed by atoms with Crippen LogP contribution in [0, 0.1) is 22.9 Å². The Kier molecular flexibility index (Phi) is 5.01. The number of nitro groups is 1. The first-order valence-electron chi connectivity index (χ1n) is 9.98. The van der Waals surface area contributed by atoms with Gasteiger partial charge in [0.05, 0.1) is 27.9 Å². The number of carbonyl (C=O) groups excluding carboxylic acids is 1. The van der Waals surface area contributed by atoms with Crippen molar-refractivity contribution in [2.45, 2.75) is 6.92 Å². The number of non-ortho nitro benzene ring substituents is 1. The van der Waals surface area contributed by atoms with Gasteiger partial charge in [-0.3, -0.25) is 14.9 Å². The van der Waals surface area contributed by atoms with E-state index in [1.165, 1.54) is 47.4 Å². The predicted molar refractivity (Wildman–Crippen MR) is 120 cm³/mol. The standard InChI is InChI=1S/C22H15FN8O3/c1-13-10-19(27-22(32)14-2-6-17(7-3-14)31(33)34)30(28-13)21-18-11-26-29(20(18)24-12-25-21)16-8-4-15(23)5-9-16/h2-12H,1H3,(H,27,32). The second-order valence-electron chi connectivity index (χ2n) is 7.31. The number of anilines is 1. The molecule has 5 rings (SSSR count). The monoisotopic (exact) mass is 458 g/mol. The fourth-order valence-electron chi connectivity index (χ4n) is 3.44. The van der Waals surface area contributed by atoms with Crippen molar-refractivity contribution < 1.29 is 14.1 Å². The zero-order chi connectivity index (χ0) is 23.8. The molecule has 0 aliphatic heterocycles. The molecule has 0 aliphatic rings. The number of nitro benzene ring substituents is 1. The lowest BCUT2D eigenvalue weighted by Gasteiger charge is -2.09. The van der Waals surface area contributed by atoms with Gasteiger partial charge < -0.3 is 5.32 Å². The van der Waals surface area contributed by atoms with E-state index < -0.39 is 10.8 Å². The lowest BCUT2D eigenvalue weighted by Crippen LogP contribution is -2.15. The molecule has 0 atom stereocenters. The minimum absolute atomic E-state index is 0.112. The maximum atomic E-state index is 13.3. The molecule has 2 aromatic carbocycles. The van der Waals surface area contributed by atoms with Crippen molar-refractivity contribution in [2.75, 3.05) is 5.32 Å². The van der Waals surface area contributed by atoms with Crippen molar-refractivity contribution in [1.82, 2.24) is 29.5 Å². The molecule has 11 nitrogen and oxygen atoms in total. The Balaban J connectivity index is 1.52. The number of fused-ring (bicyclic) bond motifs is 1. The number of nitrogens with one attached hydrogen (secondary N) is 1. The summed E-state index contributed by atoms with van der Waals surface area (Å²) in [5.74, 6) is -0.111. The lowest BCUT2D eigenvalue weighted by molar-refractivity contribution is -0.384. The quantitative estimate of drug-likeness (QED) is 0.314. The number of aryl methyl sites for hydroxylation is 1. The van der Waals surface area contributed by atoms with E-state index in [1.54, 1.807) is 36.0 Å². The molecule has 0 fully saturated rings. The molecule has 168 valence electrons. The first-order valence-corrected chi connectivity index (χ1v) is 9.98. The number of nitrogens with zero attached hydrogens (tertiary/aromatic N) is 7. The van der Waals surface area contributed by atoms with Crippen molar-refractivity contribution in [3.63, 3.8) is 0 Å². The van der Waals surface area contributed by atoms with E-state index in [1.807, 2.05) is 0 Å². The van der Waals surface area contributed by atoms with Crippen LogP contribution >= 0.6 is 0 Å². The fourth-order valence-corrected chi connectivity index (χ4v) is 3.44. The third-order valence-corrected chi connectivity index (χ3v) is 5.03. The van der Waals surface area contributed by atoms with Crippen molar-refractivity contribution >= 4 is 28.4 Å². The second-order valence-corrected chi connectivity index (χ2v) is 7.31. The second kappa shape index (κ2) is 8.16. The molecular weight excluding hydrogens is 443 g/mol. The van der Waals surface area contributed by atoms with Gasteiger partial charge in [0.1, 0.15) is 18.0 Å².